The number of rotatable bonds is 5. The molecule has 3 nitrogen and oxygen atoms in total. The molecule has 0 unspecified atom stereocenters. The van der Waals surface area contributed by atoms with Crippen LogP contribution in [-0.2, 0) is 0 Å². The first kappa shape index (κ1) is 10.8. The van der Waals surface area contributed by atoms with Crippen molar-refractivity contribution in [1.82, 2.24) is 4.98 Å². The van der Waals surface area contributed by atoms with Crippen LogP contribution in [0.15, 0.2) is 18.3 Å². The Hall–Kier alpha value is -1.25. The molecule has 0 saturated carbocycles. The Kier molecular flexibility index (Phi) is 4.23. The highest BCUT2D eigenvalue weighted by molar-refractivity contribution is 5.51. The molecule has 0 radical (unpaired) electrons. The van der Waals surface area contributed by atoms with E-state index in [1.165, 1.54) is 0 Å². The largest absolute Gasteiger partial charge is 0.480 e. The van der Waals surface area contributed by atoms with Gasteiger partial charge < -0.3 is 10.1 Å². The van der Waals surface area contributed by atoms with Gasteiger partial charge in [0.25, 0.3) is 0 Å². The minimum absolute atomic E-state index is 0.663. The minimum Gasteiger partial charge on any atom is -0.480 e. The molecule has 0 atom stereocenters. The van der Waals surface area contributed by atoms with E-state index in [9.17, 15) is 0 Å². The number of ether oxygens (including phenoxy) is 1. The van der Waals surface area contributed by atoms with Crippen LogP contribution in [0.4, 0.5) is 5.69 Å². The first-order chi connectivity index (χ1) is 6.74. The van der Waals surface area contributed by atoms with Crippen molar-refractivity contribution in [3.8, 4) is 5.88 Å². The lowest BCUT2D eigenvalue weighted by molar-refractivity contribution is 0.399. The third-order valence-corrected chi connectivity index (χ3v) is 2.00. The molecule has 0 amide bonds. The lowest BCUT2D eigenvalue weighted by atomic mass is 10.1. The summed E-state index contributed by atoms with van der Waals surface area (Å²) >= 11 is 0. The fourth-order valence-electron chi connectivity index (χ4n) is 1.18. The summed E-state index contributed by atoms with van der Waals surface area (Å²) in [6.45, 7) is 5.38. The number of nitrogens with zero attached hydrogens (tertiary/aromatic N) is 1. The Bertz CT molecular complexity index is 274. The van der Waals surface area contributed by atoms with Crippen LogP contribution in [0.25, 0.3) is 0 Å². The zero-order valence-electron chi connectivity index (χ0n) is 9.08. The molecule has 0 aliphatic rings. The first-order valence-electron chi connectivity index (χ1n) is 4.97. The maximum absolute atomic E-state index is 5.13. The topological polar surface area (TPSA) is 34.1 Å². The quantitative estimate of drug-likeness (QED) is 0.782. The molecule has 1 rings (SSSR count). The third kappa shape index (κ3) is 3.24. The second-order valence-electron chi connectivity index (χ2n) is 3.67. The maximum Gasteiger partial charge on any atom is 0.237 e. The van der Waals surface area contributed by atoms with E-state index in [1.54, 1.807) is 13.3 Å². The van der Waals surface area contributed by atoms with Crippen molar-refractivity contribution in [2.75, 3.05) is 19.0 Å². The third-order valence-electron chi connectivity index (χ3n) is 2.00. The highest BCUT2D eigenvalue weighted by Crippen LogP contribution is 2.19. The summed E-state index contributed by atoms with van der Waals surface area (Å²) in [7, 11) is 1.63. The van der Waals surface area contributed by atoms with Crippen LogP contribution in [0.3, 0.4) is 0 Å². The van der Waals surface area contributed by atoms with Gasteiger partial charge in [0.05, 0.1) is 12.8 Å². The van der Waals surface area contributed by atoms with Crippen LogP contribution in [0, 0.1) is 5.92 Å². The van der Waals surface area contributed by atoms with E-state index in [0.717, 1.165) is 18.7 Å². The fourth-order valence-corrected chi connectivity index (χ4v) is 1.18. The van der Waals surface area contributed by atoms with Gasteiger partial charge in [-0.15, -0.1) is 0 Å². The van der Waals surface area contributed by atoms with Gasteiger partial charge in [-0.05, 0) is 24.5 Å². The lowest BCUT2D eigenvalue weighted by Gasteiger charge is -2.10. The van der Waals surface area contributed by atoms with E-state index >= 15 is 0 Å². The second-order valence-corrected chi connectivity index (χ2v) is 3.67. The van der Waals surface area contributed by atoms with Crippen LogP contribution < -0.4 is 10.1 Å². The zero-order chi connectivity index (χ0) is 10.4. The van der Waals surface area contributed by atoms with Gasteiger partial charge in [0.1, 0.15) is 0 Å². The van der Waals surface area contributed by atoms with E-state index in [2.05, 4.69) is 24.1 Å². The maximum atomic E-state index is 5.13. The molecule has 0 bridgehead atoms. The van der Waals surface area contributed by atoms with E-state index in [4.69, 9.17) is 4.74 Å². The van der Waals surface area contributed by atoms with Gasteiger partial charge in [0, 0.05) is 12.7 Å². The Morgan fingerprint density at radius 3 is 2.93 bits per heavy atom. The van der Waals surface area contributed by atoms with E-state index in [-0.39, 0.29) is 0 Å². The molecule has 0 aromatic carbocycles. The lowest BCUT2D eigenvalue weighted by Crippen LogP contribution is -2.06. The van der Waals surface area contributed by atoms with Crippen molar-refractivity contribution in [3.63, 3.8) is 0 Å². The van der Waals surface area contributed by atoms with Crippen LogP contribution in [0.1, 0.15) is 20.3 Å². The minimum atomic E-state index is 0.663. The molecule has 0 fully saturated rings. The predicted molar refractivity (Wildman–Crippen MR) is 58.7 cm³/mol. The van der Waals surface area contributed by atoms with E-state index in [1.807, 2.05) is 12.1 Å². The second kappa shape index (κ2) is 5.47. The van der Waals surface area contributed by atoms with Gasteiger partial charge in [-0.1, -0.05) is 13.8 Å². The van der Waals surface area contributed by atoms with Gasteiger partial charge in [0.2, 0.25) is 5.88 Å². The smallest absolute Gasteiger partial charge is 0.237 e. The van der Waals surface area contributed by atoms with Crippen LogP contribution >= 0.6 is 0 Å². The Morgan fingerprint density at radius 2 is 2.29 bits per heavy atom. The van der Waals surface area contributed by atoms with Gasteiger partial charge in [0.15, 0.2) is 0 Å². The van der Waals surface area contributed by atoms with Crippen LogP contribution in [0.2, 0.25) is 0 Å². The molecule has 0 aliphatic carbocycles. The molecule has 1 aromatic rings. The van der Waals surface area contributed by atoms with Crippen molar-refractivity contribution in [2.24, 2.45) is 5.92 Å². The monoisotopic (exact) mass is 194 g/mol. The Balaban J connectivity index is 2.49. The molecule has 0 saturated heterocycles. The van der Waals surface area contributed by atoms with Gasteiger partial charge in [-0.3, -0.25) is 0 Å². The molecule has 3 heteroatoms. The average molecular weight is 194 g/mol. The van der Waals surface area contributed by atoms with Crippen molar-refractivity contribution >= 4 is 5.69 Å². The highest BCUT2D eigenvalue weighted by Gasteiger charge is 2.01. The summed E-state index contributed by atoms with van der Waals surface area (Å²) in [5.74, 6) is 1.38. The summed E-state index contributed by atoms with van der Waals surface area (Å²) < 4.78 is 5.13. The molecular weight excluding hydrogens is 176 g/mol. The molecule has 0 aliphatic heterocycles. The van der Waals surface area contributed by atoms with Crippen molar-refractivity contribution in [2.45, 2.75) is 20.3 Å². The summed E-state index contributed by atoms with van der Waals surface area (Å²) in [6, 6.07) is 3.88. The van der Waals surface area contributed by atoms with Crippen LogP contribution in [-0.4, -0.2) is 18.6 Å². The van der Waals surface area contributed by atoms with Crippen molar-refractivity contribution in [3.05, 3.63) is 18.3 Å². The summed E-state index contributed by atoms with van der Waals surface area (Å²) in [5, 5.41) is 3.31. The average Bonchev–Trinajstić information content (AvgIpc) is 2.18. The van der Waals surface area contributed by atoms with Gasteiger partial charge in [-0.25, -0.2) is 4.98 Å². The molecular formula is C11H18N2O. The summed E-state index contributed by atoms with van der Waals surface area (Å²) in [5.41, 5.74) is 0.968. The standard InChI is InChI=1S/C11H18N2O/c1-9(2)6-8-12-10-5-4-7-13-11(10)14-3/h4-5,7,9,12H,6,8H2,1-3H3. The highest BCUT2D eigenvalue weighted by atomic mass is 16.5. The summed E-state index contributed by atoms with van der Waals surface area (Å²) in [4.78, 5) is 4.11. The van der Waals surface area contributed by atoms with Gasteiger partial charge in [-0.2, -0.15) is 0 Å². The number of aromatic nitrogens is 1. The molecule has 1 heterocycles. The van der Waals surface area contributed by atoms with Gasteiger partial charge >= 0.3 is 0 Å². The number of hydrogen-bond acceptors (Lipinski definition) is 3. The van der Waals surface area contributed by atoms with E-state index in [0.29, 0.717) is 11.8 Å². The number of nitrogens with one attached hydrogen (secondary N) is 1. The molecule has 0 spiro atoms. The zero-order valence-corrected chi connectivity index (χ0v) is 9.08. The molecule has 14 heavy (non-hydrogen) atoms. The predicted octanol–water partition coefficient (Wildman–Crippen LogP) is 2.55. The Morgan fingerprint density at radius 1 is 1.50 bits per heavy atom. The van der Waals surface area contributed by atoms with Crippen LogP contribution in [0.5, 0.6) is 5.88 Å². The summed E-state index contributed by atoms with van der Waals surface area (Å²) in [6.07, 6.45) is 2.88. The molecule has 1 N–H and O–H groups in total. The SMILES string of the molecule is COc1ncccc1NCCC(C)C. The normalized spacial score (nSPS) is 10.3. The number of hydrogen-bond donors (Lipinski definition) is 1. The fraction of sp³-hybridized carbons (Fsp3) is 0.545. The number of methoxy groups -OCH3 is 1. The Labute approximate surface area is 85.5 Å². The molecule has 1 aromatic heterocycles. The van der Waals surface area contributed by atoms with Crippen molar-refractivity contribution in [1.29, 1.82) is 0 Å². The number of anilines is 1. The van der Waals surface area contributed by atoms with Crippen molar-refractivity contribution < 1.29 is 4.74 Å². The number of pyridine rings is 1. The van der Waals surface area contributed by atoms with E-state index < -0.39 is 0 Å². The molecule has 78 valence electrons. The first-order valence-corrected chi connectivity index (χ1v) is 4.97.